The maximum absolute atomic E-state index is 5.39. The number of hydrogen-bond donors (Lipinski definition) is 0. The van der Waals surface area contributed by atoms with E-state index in [1.807, 2.05) is 13.8 Å². The van der Waals surface area contributed by atoms with E-state index in [4.69, 9.17) is 4.74 Å². The molecule has 1 nitrogen and oxygen atoms in total. The highest BCUT2D eigenvalue weighted by atomic mass is 16.5. The van der Waals surface area contributed by atoms with Crippen LogP contribution in [0.2, 0.25) is 0 Å². The second kappa shape index (κ2) is 5.72. The van der Waals surface area contributed by atoms with E-state index in [0.29, 0.717) is 6.10 Å². The summed E-state index contributed by atoms with van der Waals surface area (Å²) in [7, 11) is 0. The zero-order valence-corrected chi connectivity index (χ0v) is 7.68. The highest BCUT2D eigenvalue weighted by molar-refractivity contribution is 4.62. The van der Waals surface area contributed by atoms with Crippen LogP contribution in [0.1, 0.15) is 40.5 Å². The Morgan fingerprint density at radius 2 is 1.70 bits per heavy atom. The molecule has 0 N–H and O–H groups in total. The van der Waals surface area contributed by atoms with Crippen LogP contribution in [0.25, 0.3) is 0 Å². The molecule has 0 radical (unpaired) electrons. The van der Waals surface area contributed by atoms with Gasteiger partial charge in [0.15, 0.2) is 0 Å². The van der Waals surface area contributed by atoms with Gasteiger partial charge in [0.1, 0.15) is 0 Å². The molecule has 2 atom stereocenters. The minimum atomic E-state index is 0.520. The first-order valence-electron chi connectivity index (χ1n) is 4.40. The predicted molar refractivity (Wildman–Crippen MR) is 45.2 cm³/mol. The van der Waals surface area contributed by atoms with Gasteiger partial charge in [-0.1, -0.05) is 20.8 Å². The van der Waals surface area contributed by atoms with E-state index < -0.39 is 0 Å². The summed E-state index contributed by atoms with van der Waals surface area (Å²) in [4.78, 5) is 0. The minimum Gasteiger partial charge on any atom is -0.378 e. The molecule has 0 aliphatic carbocycles. The molecule has 0 bridgehead atoms. The van der Waals surface area contributed by atoms with Crippen LogP contribution in [-0.4, -0.2) is 12.7 Å². The van der Waals surface area contributed by atoms with Crippen LogP contribution in [-0.2, 0) is 4.74 Å². The molecule has 1 fully saturated rings. The maximum Gasteiger partial charge on any atom is 0.0547 e. The molecule has 0 aromatic rings. The summed E-state index contributed by atoms with van der Waals surface area (Å²) in [5.41, 5.74) is 0. The third kappa shape index (κ3) is 3.89. The van der Waals surface area contributed by atoms with Crippen molar-refractivity contribution in [3.8, 4) is 0 Å². The van der Waals surface area contributed by atoms with Crippen LogP contribution < -0.4 is 0 Å². The highest BCUT2D eigenvalue weighted by Gasteiger charge is 2.13. The Balaban J connectivity index is 0.000000371. The summed E-state index contributed by atoms with van der Waals surface area (Å²) in [6, 6.07) is 0. The van der Waals surface area contributed by atoms with Crippen molar-refractivity contribution in [1.29, 1.82) is 0 Å². The fraction of sp³-hybridized carbons (Fsp3) is 1.00. The third-order valence-electron chi connectivity index (χ3n) is 1.73. The van der Waals surface area contributed by atoms with Crippen molar-refractivity contribution < 1.29 is 4.74 Å². The second-order valence-electron chi connectivity index (χ2n) is 2.83. The topological polar surface area (TPSA) is 9.23 Å². The molecular formula is C9H20O. The lowest BCUT2D eigenvalue weighted by atomic mass is 10.0. The quantitative estimate of drug-likeness (QED) is 0.508. The highest BCUT2D eigenvalue weighted by Crippen LogP contribution is 2.16. The predicted octanol–water partition coefficient (Wildman–Crippen LogP) is 2.85. The van der Waals surface area contributed by atoms with Gasteiger partial charge in [-0.15, -0.1) is 0 Å². The molecular weight excluding hydrogens is 124 g/mol. The Morgan fingerprint density at radius 3 is 2.00 bits per heavy atom. The molecule has 0 saturated carbocycles. The van der Waals surface area contributed by atoms with E-state index in [1.54, 1.807) is 0 Å². The SMILES string of the molecule is CC.CC1CCC(C)OC1. The molecule has 10 heavy (non-hydrogen) atoms. The Labute approximate surface area is 64.8 Å². The van der Waals surface area contributed by atoms with Crippen molar-refractivity contribution in [1.82, 2.24) is 0 Å². The first-order valence-corrected chi connectivity index (χ1v) is 4.40. The molecule has 62 valence electrons. The Morgan fingerprint density at radius 1 is 1.10 bits per heavy atom. The van der Waals surface area contributed by atoms with Crippen molar-refractivity contribution >= 4 is 0 Å². The first-order chi connectivity index (χ1) is 4.79. The van der Waals surface area contributed by atoms with Gasteiger partial charge in [-0.05, 0) is 25.7 Å². The molecule has 0 spiro atoms. The standard InChI is InChI=1S/C7H14O.C2H6/c1-6-3-4-7(2)8-5-6;1-2/h6-7H,3-5H2,1-2H3;1-2H3. The van der Waals surface area contributed by atoms with Crippen LogP contribution in [0, 0.1) is 5.92 Å². The summed E-state index contributed by atoms with van der Waals surface area (Å²) in [5, 5.41) is 0. The van der Waals surface area contributed by atoms with E-state index in [9.17, 15) is 0 Å². The average Bonchev–Trinajstić information content (AvgIpc) is 2.00. The van der Waals surface area contributed by atoms with Gasteiger partial charge >= 0.3 is 0 Å². The van der Waals surface area contributed by atoms with Crippen molar-refractivity contribution in [2.45, 2.75) is 46.6 Å². The Hall–Kier alpha value is -0.0400. The van der Waals surface area contributed by atoms with Crippen molar-refractivity contribution in [3.05, 3.63) is 0 Å². The van der Waals surface area contributed by atoms with E-state index in [2.05, 4.69) is 13.8 Å². The normalized spacial score (nSPS) is 32.4. The minimum absolute atomic E-state index is 0.520. The molecule has 0 amide bonds. The van der Waals surface area contributed by atoms with Gasteiger partial charge in [0.05, 0.1) is 6.10 Å². The summed E-state index contributed by atoms with van der Waals surface area (Å²) in [5.74, 6) is 0.797. The van der Waals surface area contributed by atoms with Gasteiger partial charge in [0.25, 0.3) is 0 Å². The zero-order valence-electron chi connectivity index (χ0n) is 7.68. The fourth-order valence-corrected chi connectivity index (χ4v) is 1.01. The van der Waals surface area contributed by atoms with Gasteiger partial charge in [-0.25, -0.2) is 0 Å². The van der Waals surface area contributed by atoms with Crippen molar-refractivity contribution in [3.63, 3.8) is 0 Å². The lowest BCUT2D eigenvalue weighted by Gasteiger charge is -2.23. The van der Waals surface area contributed by atoms with Gasteiger partial charge in [0, 0.05) is 6.61 Å². The Kier molecular flexibility index (Phi) is 5.70. The first kappa shape index (κ1) is 9.96. The molecule has 1 heterocycles. The van der Waals surface area contributed by atoms with Crippen molar-refractivity contribution in [2.24, 2.45) is 5.92 Å². The van der Waals surface area contributed by atoms with E-state index in [-0.39, 0.29) is 0 Å². The van der Waals surface area contributed by atoms with Crippen LogP contribution in [0.4, 0.5) is 0 Å². The third-order valence-corrected chi connectivity index (χ3v) is 1.73. The molecule has 2 unspecified atom stereocenters. The smallest absolute Gasteiger partial charge is 0.0547 e. The maximum atomic E-state index is 5.39. The van der Waals surface area contributed by atoms with Gasteiger partial charge < -0.3 is 4.74 Å². The van der Waals surface area contributed by atoms with Gasteiger partial charge in [-0.3, -0.25) is 0 Å². The summed E-state index contributed by atoms with van der Waals surface area (Å²) in [6.07, 6.45) is 3.12. The molecule has 0 aromatic carbocycles. The van der Waals surface area contributed by atoms with Crippen LogP contribution >= 0.6 is 0 Å². The molecule has 1 heteroatoms. The molecule has 1 rings (SSSR count). The van der Waals surface area contributed by atoms with Crippen molar-refractivity contribution in [2.75, 3.05) is 6.61 Å². The van der Waals surface area contributed by atoms with E-state index >= 15 is 0 Å². The van der Waals surface area contributed by atoms with Crippen LogP contribution in [0.15, 0.2) is 0 Å². The number of ether oxygens (including phenoxy) is 1. The van der Waals surface area contributed by atoms with E-state index in [0.717, 1.165) is 12.5 Å². The zero-order chi connectivity index (χ0) is 7.98. The largest absolute Gasteiger partial charge is 0.378 e. The monoisotopic (exact) mass is 144 g/mol. The van der Waals surface area contributed by atoms with Crippen LogP contribution in [0.5, 0.6) is 0 Å². The van der Waals surface area contributed by atoms with Crippen LogP contribution in [0.3, 0.4) is 0 Å². The number of rotatable bonds is 0. The molecule has 1 aliphatic heterocycles. The Bertz CT molecular complexity index is 53.1. The second-order valence-corrected chi connectivity index (χ2v) is 2.83. The van der Waals surface area contributed by atoms with Gasteiger partial charge in [-0.2, -0.15) is 0 Å². The van der Waals surface area contributed by atoms with Gasteiger partial charge in [0.2, 0.25) is 0 Å². The average molecular weight is 144 g/mol. The summed E-state index contributed by atoms with van der Waals surface area (Å²) >= 11 is 0. The summed E-state index contributed by atoms with van der Waals surface area (Å²) in [6.45, 7) is 9.36. The molecule has 1 aliphatic rings. The lowest BCUT2D eigenvalue weighted by Crippen LogP contribution is -2.21. The summed E-state index contributed by atoms with van der Waals surface area (Å²) < 4.78 is 5.39. The molecule has 1 saturated heterocycles. The fourth-order valence-electron chi connectivity index (χ4n) is 1.01. The number of hydrogen-bond acceptors (Lipinski definition) is 1. The molecule has 0 aromatic heterocycles. The lowest BCUT2D eigenvalue weighted by molar-refractivity contribution is 0.000267. The van der Waals surface area contributed by atoms with E-state index in [1.165, 1.54) is 12.8 Å².